The van der Waals surface area contributed by atoms with Gasteiger partial charge in [0.1, 0.15) is 18.0 Å². The zero-order chi connectivity index (χ0) is 18.5. The van der Waals surface area contributed by atoms with Crippen LogP contribution >= 0.6 is 0 Å². The van der Waals surface area contributed by atoms with Crippen molar-refractivity contribution >= 4 is 22.5 Å². The van der Waals surface area contributed by atoms with Crippen molar-refractivity contribution in [2.45, 2.75) is 0 Å². The van der Waals surface area contributed by atoms with E-state index < -0.39 is 0 Å². The largest absolute Gasteiger partial charge is 0.368 e. The number of anilines is 1. The molecule has 27 heavy (non-hydrogen) atoms. The third-order valence-electron chi connectivity index (χ3n) is 4.25. The molecule has 0 spiro atoms. The topological polar surface area (TPSA) is 71.8 Å². The van der Waals surface area contributed by atoms with Gasteiger partial charge in [0, 0.05) is 37.1 Å². The van der Waals surface area contributed by atoms with E-state index in [1.807, 2.05) is 77.6 Å². The summed E-state index contributed by atoms with van der Waals surface area (Å²) in [4.78, 5) is 20.8. The molecule has 134 valence electrons. The maximum atomic E-state index is 12.3. The molecule has 6 nitrogen and oxygen atoms in total. The van der Waals surface area contributed by atoms with E-state index in [0.29, 0.717) is 24.5 Å². The van der Waals surface area contributed by atoms with Crippen LogP contribution in [0.4, 0.5) is 5.82 Å². The zero-order valence-electron chi connectivity index (χ0n) is 14.7. The van der Waals surface area contributed by atoms with Crippen LogP contribution in [-0.4, -0.2) is 33.5 Å². The van der Waals surface area contributed by atoms with Gasteiger partial charge < -0.3 is 15.2 Å². The first-order chi connectivity index (χ1) is 13.3. The van der Waals surface area contributed by atoms with Crippen LogP contribution in [-0.2, 0) is 0 Å². The number of fused-ring (bicyclic) bond motifs is 1. The minimum absolute atomic E-state index is 0.0849. The minimum atomic E-state index is -0.0849. The smallest absolute Gasteiger partial charge is 0.251 e. The van der Waals surface area contributed by atoms with E-state index >= 15 is 0 Å². The minimum Gasteiger partial charge on any atom is -0.368 e. The van der Waals surface area contributed by atoms with E-state index in [1.54, 1.807) is 0 Å². The van der Waals surface area contributed by atoms with Crippen LogP contribution in [0, 0.1) is 0 Å². The second-order valence-corrected chi connectivity index (χ2v) is 6.10. The average molecular weight is 357 g/mol. The summed E-state index contributed by atoms with van der Waals surface area (Å²) < 4.78 is 1.91. The molecule has 2 heterocycles. The highest BCUT2D eigenvalue weighted by atomic mass is 16.1. The van der Waals surface area contributed by atoms with Crippen molar-refractivity contribution in [2.75, 3.05) is 18.4 Å². The number of carbonyl (C=O) groups is 1. The number of nitrogens with one attached hydrogen (secondary N) is 2. The fourth-order valence-corrected chi connectivity index (χ4v) is 2.87. The monoisotopic (exact) mass is 357 g/mol. The summed E-state index contributed by atoms with van der Waals surface area (Å²) in [6, 6.07) is 19.5. The van der Waals surface area contributed by atoms with Crippen molar-refractivity contribution in [3.63, 3.8) is 0 Å². The van der Waals surface area contributed by atoms with Crippen LogP contribution in [0.1, 0.15) is 10.4 Å². The van der Waals surface area contributed by atoms with E-state index in [1.165, 1.54) is 6.33 Å². The summed E-state index contributed by atoms with van der Waals surface area (Å²) in [6.45, 7) is 1.07. The van der Waals surface area contributed by atoms with Crippen LogP contribution in [0.5, 0.6) is 0 Å². The normalized spacial score (nSPS) is 10.7. The lowest BCUT2D eigenvalue weighted by Crippen LogP contribution is -2.28. The van der Waals surface area contributed by atoms with Crippen LogP contribution in [0.2, 0.25) is 0 Å². The Kier molecular flexibility index (Phi) is 4.78. The van der Waals surface area contributed by atoms with Crippen molar-refractivity contribution in [1.82, 2.24) is 19.9 Å². The van der Waals surface area contributed by atoms with E-state index in [4.69, 9.17) is 0 Å². The Balaban J connectivity index is 1.32. The molecule has 0 radical (unpaired) electrons. The van der Waals surface area contributed by atoms with Gasteiger partial charge in [-0.3, -0.25) is 4.79 Å². The lowest BCUT2D eigenvalue weighted by Gasteiger charge is -2.09. The molecule has 0 aliphatic rings. The first-order valence-electron chi connectivity index (χ1n) is 8.76. The number of benzene rings is 2. The fraction of sp³-hybridized carbons (Fsp3) is 0.0952. The standard InChI is InChI=1S/C21H19N5O/c27-21(18-8-7-16-5-1-2-6-17(16)13-18)23-10-9-22-19-14-20(25-15-24-19)26-11-3-4-12-26/h1-8,11-15H,9-10H2,(H,23,27)(H,22,24,25). The quantitative estimate of drug-likeness (QED) is 0.520. The molecule has 2 aromatic heterocycles. The Labute approximate surface area is 156 Å². The Morgan fingerprint density at radius 3 is 2.56 bits per heavy atom. The molecular formula is C21H19N5O. The number of hydrogen-bond donors (Lipinski definition) is 2. The van der Waals surface area contributed by atoms with E-state index in [0.717, 1.165) is 16.6 Å². The van der Waals surface area contributed by atoms with Crippen molar-refractivity contribution in [3.8, 4) is 5.82 Å². The molecule has 0 unspecified atom stereocenters. The van der Waals surface area contributed by atoms with Gasteiger partial charge in [0.05, 0.1) is 0 Å². The summed E-state index contributed by atoms with van der Waals surface area (Å²) in [6.07, 6.45) is 5.37. The maximum absolute atomic E-state index is 12.3. The summed E-state index contributed by atoms with van der Waals surface area (Å²) in [5, 5.41) is 8.31. The third kappa shape index (κ3) is 3.95. The molecule has 1 amide bonds. The van der Waals surface area contributed by atoms with E-state index in [-0.39, 0.29) is 5.91 Å². The molecule has 0 fully saturated rings. The Morgan fingerprint density at radius 2 is 1.70 bits per heavy atom. The van der Waals surface area contributed by atoms with Gasteiger partial charge in [-0.2, -0.15) is 0 Å². The molecule has 0 aliphatic carbocycles. The first-order valence-corrected chi connectivity index (χ1v) is 8.76. The van der Waals surface area contributed by atoms with Crippen molar-refractivity contribution in [3.05, 3.63) is 84.9 Å². The van der Waals surface area contributed by atoms with Crippen LogP contribution < -0.4 is 10.6 Å². The second kappa shape index (κ2) is 7.70. The lowest BCUT2D eigenvalue weighted by atomic mass is 10.1. The SMILES string of the molecule is O=C(NCCNc1cc(-n2cccc2)ncn1)c1ccc2ccccc2c1. The molecular weight excluding hydrogens is 338 g/mol. The first kappa shape index (κ1) is 16.8. The molecule has 4 rings (SSSR count). The second-order valence-electron chi connectivity index (χ2n) is 6.10. The number of hydrogen-bond acceptors (Lipinski definition) is 4. The number of carbonyl (C=O) groups excluding carboxylic acids is 1. The molecule has 0 aliphatic heterocycles. The van der Waals surface area contributed by atoms with Gasteiger partial charge in [-0.25, -0.2) is 9.97 Å². The maximum Gasteiger partial charge on any atom is 0.251 e. The summed E-state index contributed by atoms with van der Waals surface area (Å²) in [5.41, 5.74) is 0.658. The van der Waals surface area contributed by atoms with Gasteiger partial charge in [0.15, 0.2) is 0 Å². The highest BCUT2D eigenvalue weighted by Gasteiger charge is 2.06. The average Bonchev–Trinajstić information content (AvgIpc) is 3.26. The molecule has 0 atom stereocenters. The number of rotatable bonds is 6. The Morgan fingerprint density at radius 1 is 0.889 bits per heavy atom. The highest BCUT2D eigenvalue weighted by molar-refractivity contribution is 5.98. The van der Waals surface area contributed by atoms with Gasteiger partial charge in [0.25, 0.3) is 5.91 Å². The van der Waals surface area contributed by atoms with Gasteiger partial charge in [-0.15, -0.1) is 0 Å². The predicted molar refractivity (Wildman–Crippen MR) is 106 cm³/mol. The molecule has 0 bridgehead atoms. The summed E-state index contributed by atoms with van der Waals surface area (Å²) in [5.74, 6) is 1.42. The van der Waals surface area contributed by atoms with Gasteiger partial charge in [0.2, 0.25) is 0 Å². The molecule has 6 heteroatoms. The van der Waals surface area contributed by atoms with Crippen molar-refractivity contribution in [1.29, 1.82) is 0 Å². The predicted octanol–water partition coefficient (Wildman–Crippen LogP) is 3.26. The number of nitrogens with zero attached hydrogens (tertiary/aromatic N) is 3. The van der Waals surface area contributed by atoms with Gasteiger partial charge in [-0.1, -0.05) is 30.3 Å². The molecule has 0 saturated heterocycles. The van der Waals surface area contributed by atoms with Crippen LogP contribution in [0.15, 0.2) is 79.4 Å². The van der Waals surface area contributed by atoms with Crippen molar-refractivity contribution in [2.24, 2.45) is 0 Å². The zero-order valence-corrected chi connectivity index (χ0v) is 14.7. The Hall–Kier alpha value is -3.67. The summed E-state index contributed by atoms with van der Waals surface area (Å²) >= 11 is 0. The van der Waals surface area contributed by atoms with Crippen molar-refractivity contribution < 1.29 is 4.79 Å². The summed E-state index contributed by atoms with van der Waals surface area (Å²) in [7, 11) is 0. The molecule has 0 saturated carbocycles. The lowest BCUT2D eigenvalue weighted by molar-refractivity contribution is 0.0955. The van der Waals surface area contributed by atoms with Gasteiger partial charge >= 0.3 is 0 Å². The third-order valence-corrected chi connectivity index (χ3v) is 4.25. The molecule has 2 aromatic carbocycles. The van der Waals surface area contributed by atoms with Gasteiger partial charge in [-0.05, 0) is 35.0 Å². The highest BCUT2D eigenvalue weighted by Crippen LogP contribution is 2.15. The molecule has 2 N–H and O–H groups in total. The van der Waals surface area contributed by atoms with E-state index in [2.05, 4.69) is 20.6 Å². The van der Waals surface area contributed by atoms with Crippen LogP contribution in [0.3, 0.4) is 0 Å². The number of aromatic nitrogens is 3. The number of amides is 1. The Bertz CT molecular complexity index is 1060. The fourth-order valence-electron chi connectivity index (χ4n) is 2.87. The van der Waals surface area contributed by atoms with E-state index in [9.17, 15) is 4.79 Å². The molecule has 4 aromatic rings. The van der Waals surface area contributed by atoms with Crippen LogP contribution in [0.25, 0.3) is 16.6 Å².